The zero-order valence-electron chi connectivity index (χ0n) is 33.8. The number of hydrogen-bond donors (Lipinski definition) is 3. The van der Waals surface area contributed by atoms with Gasteiger partial charge in [0.05, 0.1) is 36.4 Å². The summed E-state index contributed by atoms with van der Waals surface area (Å²) >= 11 is 4.93. The van der Waals surface area contributed by atoms with E-state index in [4.69, 9.17) is 23.9 Å². The number of rotatable bonds is 13. The van der Waals surface area contributed by atoms with E-state index in [0.29, 0.717) is 49.8 Å². The number of hydrogen-bond acceptors (Lipinski definition) is 12. The number of fused-ring (bicyclic) bond motifs is 1. The predicted octanol–water partition coefficient (Wildman–Crippen LogP) is 6.39. The topological polar surface area (TPSA) is 187 Å². The number of alkyl carbamates (subject to hydrolysis) is 1. The highest BCUT2D eigenvalue weighted by molar-refractivity contribution is 9.10. The minimum atomic E-state index is -1.30. The minimum absolute atomic E-state index is 0.0198. The summed E-state index contributed by atoms with van der Waals surface area (Å²) in [5.41, 5.74) is -0.456. The number of anilines is 1. The van der Waals surface area contributed by atoms with Crippen molar-refractivity contribution in [1.29, 1.82) is 0 Å². The molecule has 1 aliphatic heterocycles. The van der Waals surface area contributed by atoms with Crippen LogP contribution in [-0.4, -0.2) is 95.2 Å². The van der Waals surface area contributed by atoms with E-state index in [1.165, 1.54) is 30.5 Å². The lowest BCUT2D eigenvalue weighted by atomic mass is 9.85. The van der Waals surface area contributed by atoms with Gasteiger partial charge in [-0.2, -0.15) is 0 Å². The molecule has 3 fully saturated rings. The van der Waals surface area contributed by atoms with E-state index in [0.717, 1.165) is 25.7 Å². The molecule has 17 heteroatoms. The number of methoxy groups -OCH3 is 2. The van der Waals surface area contributed by atoms with Crippen LogP contribution in [0.3, 0.4) is 0 Å². The Labute approximate surface area is 350 Å². The SMILES string of the molecule is C=C[C@@H]1C[C@]1(NC(=O)[C@@H]1C[C@@H](Oc2cc(OC)c(Br)c3nc(-c4csc(NC(=O)C(C)C)n4)ccc23)CN1C(=O)[C@@H](NC(=O)OC1CCCC1)C(C)(C)C)C(=O)OC. The van der Waals surface area contributed by atoms with Crippen molar-refractivity contribution in [2.45, 2.75) is 103 Å². The van der Waals surface area contributed by atoms with Crippen molar-refractivity contribution < 1.29 is 42.9 Å². The first kappa shape index (κ1) is 42.8. The smallest absolute Gasteiger partial charge is 0.408 e. The first-order chi connectivity index (χ1) is 27.5. The molecule has 1 aromatic carbocycles. The van der Waals surface area contributed by atoms with Gasteiger partial charge in [-0.3, -0.25) is 14.4 Å². The lowest BCUT2D eigenvalue weighted by molar-refractivity contribution is -0.148. The van der Waals surface area contributed by atoms with Crippen LogP contribution >= 0.6 is 27.3 Å². The Balaban J connectivity index is 1.31. The molecule has 3 heterocycles. The minimum Gasteiger partial charge on any atom is -0.495 e. The van der Waals surface area contributed by atoms with Crippen LogP contribution in [0.25, 0.3) is 22.3 Å². The van der Waals surface area contributed by atoms with Crippen molar-refractivity contribution >= 4 is 73.1 Å². The maximum absolute atomic E-state index is 14.6. The highest BCUT2D eigenvalue weighted by Crippen LogP contribution is 2.46. The Morgan fingerprint density at radius 1 is 1.05 bits per heavy atom. The second-order valence-electron chi connectivity index (χ2n) is 16.4. The fourth-order valence-corrected chi connectivity index (χ4v) is 8.74. The van der Waals surface area contributed by atoms with Gasteiger partial charge in [0.25, 0.3) is 0 Å². The molecule has 2 aliphatic carbocycles. The highest BCUT2D eigenvalue weighted by Gasteiger charge is 2.62. The van der Waals surface area contributed by atoms with Crippen LogP contribution in [0.4, 0.5) is 9.93 Å². The number of carbonyl (C=O) groups excluding carboxylic acids is 5. The lowest BCUT2D eigenvalue weighted by Gasteiger charge is -2.35. The summed E-state index contributed by atoms with van der Waals surface area (Å²) in [5.74, 6) is -1.54. The summed E-state index contributed by atoms with van der Waals surface area (Å²) in [7, 11) is 2.77. The van der Waals surface area contributed by atoms with Crippen molar-refractivity contribution in [2.24, 2.45) is 17.3 Å². The molecule has 0 radical (unpaired) electrons. The van der Waals surface area contributed by atoms with E-state index in [1.807, 2.05) is 32.2 Å². The third-order valence-corrected chi connectivity index (χ3v) is 12.4. The Morgan fingerprint density at radius 2 is 1.78 bits per heavy atom. The van der Waals surface area contributed by atoms with E-state index in [9.17, 15) is 24.0 Å². The summed E-state index contributed by atoms with van der Waals surface area (Å²) in [4.78, 5) is 78.1. The maximum atomic E-state index is 14.6. The number of pyridine rings is 1. The second kappa shape index (κ2) is 17.2. The van der Waals surface area contributed by atoms with Gasteiger partial charge in [0.1, 0.15) is 47.0 Å². The Hall–Kier alpha value is -4.77. The Morgan fingerprint density at radius 3 is 2.40 bits per heavy atom. The van der Waals surface area contributed by atoms with Crippen LogP contribution in [-0.2, 0) is 28.7 Å². The molecule has 5 atom stereocenters. The van der Waals surface area contributed by atoms with Crippen molar-refractivity contribution in [3.63, 3.8) is 0 Å². The van der Waals surface area contributed by atoms with E-state index in [1.54, 1.807) is 32.1 Å². The zero-order chi connectivity index (χ0) is 42.1. The third kappa shape index (κ3) is 8.94. The van der Waals surface area contributed by atoms with Crippen LogP contribution < -0.4 is 25.4 Å². The van der Waals surface area contributed by atoms with Gasteiger partial charge in [-0.15, -0.1) is 17.9 Å². The van der Waals surface area contributed by atoms with Gasteiger partial charge < -0.3 is 39.8 Å². The van der Waals surface area contributed by atoms with Crippen LogP contribution in [0.1, 0.15) is 73.1 Å². The van der Waals surface area contributed by atoms with E-state index in [2.05, 4.69) is 43.4 Å². The van der Waals surface area contributed by atoms with Crippen LogP contribution in [0, 0.1) is 17.3 Å². The molecular formula is C41H51BrN6O9S. The molecule has 3 aromatic rings. The van der Waals surface area contributed by atoms with Gasteiger partial charge in [0, 0.05) is 35.1 Å². The number of likely N-dealkylation sites (tertiary alicyclic amines) is 1. The summed E-state index contributed by atoms with van der Waals surface area (Å²) in [5, 5.41) is 11.4. The molecule has 15 nitrogen and oxygen atoms in total. The number of thiazole rings is 1. The predicted molar refractivity (Wildman–Crippen MR) is 221 cm³/mol. The first-order valence-corrected chi connectivity index (χ1v) is 21.1. The molecule has 2 saturated carbocycles. The number of nitrogens with zero attached hydrogens (tertiary/aromatic N) is 3. The lowest BCUT2D eigenvalue weighted by Crippen LogP contribution is -2.59. The summed E-state index contributed by atoms with van der Waals surface area (Å²) in [6.45, 7) is 12.9. The fourth-order valence-electron chi connectivity index (χ4n) is 7.46. The molecule has 1 saturated heterocycles. The maximum Gasteiger partial charge on any atom is 0.408 e. The van der Waals surface area contributed by atoms with Crippen molar-refractivity contribution in [3.8, 4) is 22.9 Å². The standard InChI is InChI=1S/C41H51BrN6O9S/c1-9-22-18-41(22,37(52)55-8)47-35(50)28-16-24(19-48(28)36(51)33(40(4,5)6)45-39(53)57-23-12-10-11-13-23)56-29-17-30(54-7)31(42)32-25(29)14-15-26(43-32)27-20-58-38(44-27)46-34(49)21(2)3/h9,14-15,17,20-24,28,33H,1,10-13,16,18-19H2,2-8H3,(H,45,53)(H,47,50)(H,44,46,49)/t22-,24-,28+,33-,41-/m1/s1. The first-order valence-electron chi connectivity index (χ1n) is 19.4. The van der Waals surface area contributed by atoms with Gasteiger partial charge in [0.2, 0.25) is 17.7 Å². The normalized spacial score (nSPS) is 22.3. The highest BCUT2D eigenvalue weighted by atomic mass is 79.9. The average molecular weight is 884 g/mol. The fraction of sp³-hybridized carbons (Fsp3) is 0.537. The molecule has 0 spiro atoms. The molecule has 4 amide bonds. The second-order valence-corrected chi connectivity index (χ2v) is 18.1. The number of nitrogens with one attached hydrogen (secondary N) is 3. The third-order valence-electron chi connectivity index (χ3n) is 10.9. The summed E-state index contributed by atoms with van der Waals surface area (Å²) < 4.78 is 23.7. The Bertz CT molecular complexity index is 2100. The van der Waals surface area contributed by atoms with Crippen LogP contribution in [0.2, 0.25) is 0 Å². The number of amides is 4. The molecular weight excluding hydrogens is 832 g/mol. The molecule has 0 unspecified atom stereocenters. The van der Waals surface area contributed by atoms with Gasteiger partial charge in [-0.25, -0.2) is 19.6 Å². The van der Waals surface area contributed by atoms with Gasteiger partial charge in [-0.05, 0) is 65.6 Å². The summed E-state index contributed by atoms with van der Waals surface area (Å²) in [6, 6.07) is 3.20. The Kier molecular flexibility index (Phi) is 12.7. The average Bonchev–Trinajstić information content (AvgIpc) is 3.61. The van der Waals surface area contributed by atoms with Crippen molar-refractivity contribution in [3.05, 3.63) is 40.7 Å². The number of carbonyl (C=O) groups is 5. The van der Waals surface area contributed by atoms with Gasteiger partial charge >= 0.3 is 12.1 Å². The van der Waals surface area contributed by atoms with Crippen molar-refractivity contribution in [1.82, 2.24) is 25.5 Å². The van der Waals surface area contributed by atoms with E-state index < -0.39 is 53.0 Å². The number of ether oxygens (including phenoxy) is 4. The molecule has 312 valence electrons. The molecule has 2 aromatic heterocycles. The number of aromatic nitrogens is 2. The molecule has 0 bridgehead atoms. The largest absolute Gasteiger partial charge is 0.495 e. The van der Waals surface area contributed by atoms with E-state index >= 15 is 0 Å². The molecule has 58 heavy (non-hydrogen) atoms. The van der Waals surface area contributed by atoms with Crippen molar-refractivity contribution in [2.75, 3.05) is 26.1 Å². The number of benzene rings is 1. The molecule has 6 rings (SSSR count). The monoisotopic (exact) mass is 882 g/mol. The zero-order valence-corrected chi connectivity index (χ0v) is 36.2. The summed E-state index contributed by atoms with van der Waals surface area (Å²) in [6.07, 6.45) is 3.80. The molecule has 3 aliphatic rings. The number of esters is 1. The number of halogens is 1. The quantitative estimate of drug-likeness (QED) is 0.128. The van der Waals surface area contributed by atoms with E-state index in [-0.39, 0.29) is 36.8 Å². The van der Waals surface area contributed by atoms with Crippen LogP contribution in [0.15, 0.2) is 40.7 Å². The van der Waals surface area contributed by atoms with Crippen LogP contribution in [0.5, 0.6) is 11.5 Å². The van der Waals surface area contributed by atoms with Gasteiger partial charge in [-0.1, -0.05) is 40.7 Å². The molecule has 3 N–H and O–H groups in total. The van der Waals surface area contributed by atoms with Gasteiger partial charge in [0.15, 0.2) is 5.13 Å².